The number of nitrogens with one attached hydrogen (secondary N) is 1. The first-order chi connectivity index (χ1) is 25.2. The summed E-state index contributed by atoms with van der Waals surface area (Å²) in [7, 11) is 0. The number of thiophene rings is 1. The van der Waals surface area contributed by atoms with Crippen molar-refractivity contribution in [3.63, 3.8) is 0 Å². The van der Waals surface area contributed by atoms with Gasteiger partial charge in [-0.3, -0.25) is 0 Å². The average molecular weight is 674 g/mol. The predicted molar refractivity (Wildman–Crippen MR) is 211 cm³/mol. The average Bonchev–Trinajstić information content (AvgIpc) is 3.88. The lowest BCUT2D eigenvalue weighted by molar-refractivity contribution is 0.668. The van der Waals surface area contributed by atoms with E-state index in [1.165, 1.54) is 20.2 Å². The van der Waals surface area contributed by atoms with Crippen molar-refractivity contribution in [3.8, 4) is 11.1 Å². The van der Waals surface area contributed by atoms with Crippen LogP contribution in [0.15, 0.2) is 170 Å². The van der Waals surface area contributed by atoms with Crippen molar-refractivity contribution in [2.24, 2.45) is 9.98 Å². The molecule has 6 heteroatoms. The van der Waals surface area contributed by atoms with Gasteiger partial charge in [-0.25, -0.2) is 9.98 Å². The van der Waals surface area contributed by atoms with Gasteiger partial charge in [0.15, 0.2) is 5.84 Å². The summed E-state index contributed by atoms with van der Waals surface area (Å²) in [5, 5.41) is 10.4. The highest BCUT2D eigenvalue weighted by Crippen LogP contribution is 2.41. The van der Waals surface area contributed by atoms with Gasteiger partial charge < -0.3 is 14.2 Å². The van der Waals surface area contributed by atoms with E-state index in [9.17, 15) is 0 Å². The Hall–Kier alpha value is -6.50. The second-order valence-electron chi connectivity index (χ2n) is 12.9. The van der Waals surface area contributed by atoms with E-state index in [4.69, 9.17) is 18.8 Å². The summed E-state index contributed by atoms with van der Waals surface area (Å²) in [6.45, 7) is 0. The first-order valence-corrected chi connectivity index (χ1v) is 17.8. The lowest BCUT2D eigenvalue weighted by atomic mass is 9.96. The molecule has 1 atom stereocenters. The van der Waals surface area contributed by atoms with Gasteiger partial charge in [0.05, 0.1) is 0 Å². The molecule has 0 spiro atoms. The molecule has 1 aliphatic rings. The van der Waals surface area contributed by atoms with Gasteiger partial charge in [0.2, 0.25) is 0 Å². The van der Waals surface area contributed by atoms with Gasteiger partial charge in [-0.1, -0.05) is 103 Å². The number of fused-ring (bicyclic) bond motifs is 9. The number of benzene rings is 7. The van der Waals surface area contributed by atoms with Crippen LogP contribution >= 0.6 is 11.3 Å². The van der Waals surface area contributed by atoms with Crippen molar-refractivity contribution in [1.82, 2.24) is 5.32 Å². The second-order valence-corrected chi connectivity index (χ2v) is 14.0. The number of nitrogens with zero attached hydrogens (tertiary/aromatic N) is 2. The first-order valence-electron chi connectivity index (χ1n) is 17.0. The molecule has 0 amide bonds. The fourth-order valence-electron chi connectivity index (χ4n) is 7.61. The maximum absolute atomic E-state index is 6.57. The molecule has 0 saturated carbocycles. The van der Waals surface area contributed by atoms with E-state index in [-0.39, 0.29) is 6.17 Å². The number of furan rings is 2. The highest BCUT2D eigenvalue weighted by molar-refractivity contribution is 7.25. The monoisotopic (exact) mass is 673 g/mol. The Morgan fingerprint density at radius 2 is 1.20 bits per heavy atom. The summed E-state index contributed by atoms with van der Waals surface area (Å²) in [5.41, 5.74) is 8.48. The number of aliphatic imine (C=N–C) groups is 2. The molecule has 11 rings (SSSR count). The summed E-state index contributed by atoms with van der Waals surface area (Å²) in [4.78, 5) is 10.7. The molecule has 0 fully saturated rings. The van der Waals surface area contributed by atoms with Gasteiger partial charge in [0.1, 0.15) is 34.3 Å². The van der Waals surface area contributed by atoms with Gasteiger partial charge in [-0.15, -0.1) is 11.3 Å². The number of para-hydroxylation sites is 2. The first kappa shape index (κ1) is 28.3. The Labute approximate surface area is 295 Å². The van der Waals surface area contributed by atoms with Crippen molar-refractivity contribution < 1.29 is 8.83 Å². The third-order valence-corrected chi connectivity index (χ3v) is 11.1. The van der Waals surface area contributed by atoms with Gasteiger partial charge in [0, 0.05) is 58.4 Å². The third-order valence-electron chi connectivity index (χ3n) is 9.95. The molecule has 0 saturated heterocycles. The van der Waals surface area contributed by atoms with Crippen molar-refractivity contribution in [3.05, 3.63) is 168 Å². The van der Waals surface area contributed by atoms with Crippen LogP contribution in [0.5, 0.6) is 0 Å². The van der Waals surface area contributed by atoms with E-state index in [1.807, 2.05) is 53.8 Å². The van der Waals surface area contributed by atoms with Gasteiger partial charge >= 0.3 is 0 Å². The van der Waals surface area contributed by atoms with E-state index in [1.54, 1.807) is 0 Å². The largest absolute Gasteiger partial charge is 0.456 e. The molecule has 240 valence electrons. The highest BCUT2D eigenvalue weighted by Gasteiger charge is 2.26. The number of amidine groups is 2. The maximum atomic E-state index is 6.57. The molecule has 3 aromatic heterocycles. The standard InChI is InChI=1S/C45H27N3O2S/c1-2-11-26(12-3-1)43-46-44(32-16-10-20-40-42(32)31-15-6-9-19-39(31)51-40)48-45(47-43)34-24-28(25-38-41(34)30-14-5-8-18-36(30)50-38)27-21-22-37-33(23-27)29-13-4-7-17-35(29)49-37/h1-25,44H,(H,46,47,48). The molecule has 1 unspecified atom stereocenters. The summed E-state index contributed by atoms with van der Waals surface area (Å²) < 4.78 is 15.2. The van der Waals surface area contributed by atoms with Crippen molar-refractivity contribution in [2.75, 3.05) is 0 Å². The fraction of sp³-hybridized carbons (Fsp3) is 0.0222. The van der Waals surface area contributed by atoms with Crippen LogP contribution < -0.4 is 5.32 Å². The lowest BCUT2D eigenvalue weighted by Gasteiger charge is -2.24. The van der Waals surface area contributed by atoms with E-state index in [0.717, 1.165) is 77.5 Å². The predicted octanol–water partition coefficient (Wildman–Crippen LogP) is 12.0. The second kappa shape index (κ2) is 11.0. The van der Waals surface area contributed by atoms with E-state index in [0.29, 0.717) is 5.84 Å². The van der Waals surface area contributed by atoms with E-state index >= 15 is 0 Å². The maximum Gasteiger partial charge on any atom is 0.160 e. The van der Waals surface area contributed by atoms with Crippen LogP contribution in [0.4, 0.5) is 0 Å². The van der Waals surface area contributed by atoms with Crippen LogP contribution in [-0.2, 0) is 0 Å². The van der Waals surface area contributed by atoms with Crippen molar-refractivity contribution >= 4 is 87.1 Å². The molecule has 7 aromatic carbocycles. The Bertz CT molecular complexity index is 3070. The third kappa shape index (κ3) is 4.47. The van der Waals surface area contributed by atoms with Crippen LogP contribution in [-0.4, -0.2) is 11.7 Å². The van der Waals surface area contributed by atoms with Gasteiger partial charge in [-0.2, -0.15) is 0 Å². The Kier molecular flexibility index (Phi) is 6.12. The fourth-order valence-corrected chi connectivity index (χ4v) is 8.75. The zero-order chi connectivity index (χ0) is 33.5. The molecule has 1 N–H and O–H groups in total. The van der Waals surface area contributed by atoms with Crippen LogP contribution in [0, 0.1) is 0 Å². The number of hydrogen-bond acceptors (Lipinski definition) is 6. The SMILES string of the molecule is c1ccc(C2=NC(c3cc(-c4ccc5oc6ccccc6c5c4)cc4oc5ccccc5c34)=NC(c3cccc4sc5ccccc5c34)N2)cc1. The van der Waals surface area contributed by atoms with E-state index in [2.05, 4.69) is 115 Å². The molecular weight excluding hydrogens is 647 g/mol. The number of hydrogen-bond donors (Lipinski definition) is 1. The summed E-state index contributed by atoms with van der Waals surface area (Å²) in [5.74, 6) is 1.43. The normalized spacial score (nSPS) is 14.9. The van der Waals surface area contributed by atoms with Crippen molar-refractivity contribution in [1.29, 1.82) is 0 Å². The van der Waals surface area contributed by atoms with Crippen LogP contribution in [0.3, 0.4) is 0 Å². The van der Waals surface area contributed by atoms with E-state index < -0.39 is 0 Å². The minimum Gasteiger partial charge on any atom is -0.456 e. The minimum absolute atomic E-state index is 0.375. The van der Waals surface area contributed by atoms with Gasteiger partial charge in [-0.05, 0) is 59.7 Å². The summed E-state index contributed by atoms with van der Waals surface area (Å²) in [6, 6.07) is 52.6. The molecule has 0 radical (unpaired) electrons. The quantitative estimate of drug-likeness (QED) is 0.202. The Balaban J connectivity index is 1.18. The molecule has 10 aromatic rings. The Morgan fingerprint density at radius 1 is 0.490 bits per heavy atom. The summed E-state index contributed by atoms with van der Waals surface area (Å²) >= 11 is 1.81. The van der Waals surface area contributed by atoms with Crippen LogP contribution in [0.1, 0.15) is 22.9 Å². The molecule has 4 heterocycles. The zero-order valence-electron chi connectivity index (χ0n) is 27.1. The molecule has 0 bridgehead atoms. The summed E-state index contributed by atoms with van der Waals surface area (Å²) in [6.07, 6.45) is -0.375. The zero-order valence-corrected chi connectivity index (χ0v) is 27.9. The molecule has 1 aliphatic heterocycles. The minimum atomic E-state index is -0.375. The number of rotatable bonds is 4. The molecule has 0 aliphatic carbocycles. The van der Waals surface area contributed by atoms with Crippen molar-refractivity contribution in [2.45, 2.75) is 6.17 Å². The van der Waals surface area contributed by atoms with Gasteiger partial charge in [0.25, 0.3) is 0 Å². The Morgan fingerprint density at radius 3 is 2.08 bits per heavy atom. The van der Waals surface area contributed by atoms with Crippen LogP contribution in [0.2, 0.25) is 0 Å². The molecule has 51 heavy (non-hydrogen) atoms. The topological polar surface area (TPSA) is 63.0 Å². The molecular formula is C45H27N3O2S. The van der Waals surface area contributed by atoms with Crippen LogP contribution in [0.25, 0.3) is 75.2 Å². The highest BCUT2D eigenvalue weighted by atomic mass is 32.1. The lowest BCUT2D eigenvalue weighted by Crippen LogP contribution is -2.33. The smallest absolute Gasteiger partial charge is 0.160 e. The molecule has 5 nitrogen and oxygen atoms in total.